The molecule has 1 atom stereocenters. The Morgan fingerprint density at radius 1 is 1.24 bits per heavy atom. The van der Waals surface area contributed by atoms with Crippen molar-refractivity contribution in [1.29, 1.82) is 0 Å². The second-order valence-electron chi connectivity index (χ2n) is 8.32. The lowest BCUT2D eigenvalue weighted by Gasteiger charge is -2.31. The first-order chi connectivity index (χ1) is 13.9. The number of hydrogen-bond donors (Lipinski definition) is 1. The zero-order chi connectivity index (χ0) is 20.6. The van der Waals surface area contributed by atoms with E-state index in [2.05, 4.69) is 15.3 Å². The fourth-order valence-electron chi connectivity index (χ4n) is 4.48. The topological polar surface area (TPSA) is 92.3 Å². The molecular formula is C20H28N4O3S2. The molecular weight excluding hydrogens is 408 g/mol. The largest absolute Gasteiger partial charge is 0.369 e. The van der Waals surface area contributed by atoms with E-state index < -0.39 is 9.84 Å². The van der Waals surface area contributed by atoms with E-state index >= 15 is 0 Å². The maximum Gasteiger partial charge on any atom is 0.264 e. The van der Waals surface area contributed by atoms with E-state index in [4.69, 9.17) is 0 Å². The Morgan fingerprint density at radius 2 is 2.00 bits per heavy atom. The predicted molar refractivity (Wildman–Crippen MR) is 116 cm³/mol. The molecule has 9 heteroatoms. The Labute approximate surface area is 175 Å². The molecule has 3 heterocycles. The molecule has 0 unspecified atom stereocenters. The van der Waals surface area contributed by atoms with Crippen LogP contribution in [0.25, 0.3) is 10.2 Å². The smallest absolute Gasteiger partial charge is 0.264 e. The highest BCUT2D eigenvalue weighted by Crippen LogP contribution is 2.35. The molecule has 0 spiro atoms. The quantitative estimate of drug-likeness (QED) is 0.773. The number of aromatic nitrogens is 2. The molecule has 2 fully saturated rings. The van der Waals surface area contributed by atoms with Crippen LogP contribution in [0.3, 0.4) is 0 Å². The summed E-state index contributed by atoms with van der Waals surface area (Å²) in [7, 11) is -0.989. The van der Waals surface area contributed by atoms with Crippen molar-refractivity contribution in [2.75, 3.05) is 30.4 Å². The van der Waals surface area contributed by atoms with Gasteiger partial charge in [-0.25, -0.2) is 18.4 Å². The molecule has 1 aliphatic heterocycles. The van der Waals surface area contributed by atoms with E-state index in [1.807, 2.05) is 18.9 Å². The van der Waals surface area contributed by atoms with E-state index in [9.17, 15) is 13.2 Å². The molecule has 1 amide bonds. The average molecular weight is 437 g/mol. The standard InChI is InChI=1S/C20H28N4O3S2/c1-13-16-18(21-10-14-8-9-29(26,27)11-14)22-12-23-19(16)28-17(13)20(25)24(2)15-6-4-3-5-7-15/h12,14-15H,3-11H2,1-2H3,(H,21,22,23)/t14-/m0/s1. The van der Waals surface area contributed by atoms with Gasteiger partial charge in [0.2, 0.25) is 0 Å². The number of sulfone groups is 1. The lowest BCUT2D eigenvalue weighted by atomic mass is 9.94. The van der Waals surface area contributed by atoms with Gasteiger partial charge in [0.15, 0.2) is 9.84 Å². The van der Waals surface area contributed by atoms with Gasteiger partial charge < -0.3 is 10.2 Å². The first-order valence-corrected chi connectivity index (χ1v) is 12.9. The summed E-state index contributed by atoms with van der Waals surface area (Å²) in [6.07, 6.45) is 7.96. The number of aryl methyl sites for hydroxylation is 1. The van der Waals surface area contributed by atoms with Crippen LogP contribution in [0.5, 0.6) is 0 Å². The normalized spacial score (nSPS) is 22.1. The fraction of sp³-hybridized carbons (Fsp3) is 0.650. The molecule has 0 bridgehead atoms. The number of rotatable bonds is 5. The monoisotopic (exact) mass is 436 g/mol. The fourth-order valence-corrected chi connectivity index (χ4v) is 7.47. The number of amides is 1. The SMILES string of the molecule is Cc1c(C(=O)N(C)C2CCCCC2)sc2ncnc(NC[C@@H]3CCS(=O)(=O)C3)c12. The Kier molecular flexibility index (Phi) is 5.79. The molecule has 2 aliphatic rings. The summed E-state index contributed by atoms with van der Waals surface area (Å²) in [5, 5.41) is 4.19. The molecule has 7 nitrogen and oxygen atoms in total. The zero-order valence-corrected chi connectivity index (χ0v) is 18.6. The van der Waals surface area contributed by atoms with E-state index in [-0.39, 0.29) is 23.3 Å². The van der Waals surface area contributed by atoms with Gasteiger partial charge in [-0.15, -0.1) is 11.3 Å². The number of thiophene rings is 1. The number of hydrogen-bond acceptors (Lipinski definition) is 7. The summed E-state index contributed by atoms with van der Waals surface area (Å²) in [4.78, 5) is 25.4. The first kappa shape index (κ1) is 20.5. The van der Waals surface area contributed by atoms with E-state index in [1.165, 1.54) is 36.9 Å². The van der Waals surface area contributed by atoms with Gasteiger partial charge in [-0.05, 0) is 37.7 Å². The summed E-state index contributed by atoms with van der Waals surface area (Å²) >= 11 is 1.42. The minimum atomic E-state index is -2.90. The summed E-state index contributed by atoms with van der Waals surface area (Å²) in [6, 6.07) is 0.314. The number of carbonyl (C=O) groups is 1. The van der Waals surface area contributed by atoms with Gasteiger partial charge in [0.25, 0.3) is 5.91 Å². The van der Waals surface area contributed by atoms with Crippen LogP contribution in [0.2, 0.25) is 0 Å². The maximum absolute atomic E-state index is 13.2. The summed E-state index contributed by atoms with van der Waals surface area (Å²) in [6.45, 7) is 2.52. The molecule has 2 aromatic rings. The third-order valence-electron chi connectivity index (χ3n) is 6.25. The third-order valence-corrected chi connectivity index (χ3v) is 9.27. The van der Waals surface area contributed by atoms with Crippen LogP contribution >= 0.6 is 11.3 Å². The van der Waals surface area contributed by atoms with Gasteiger partial charge in [0.05, 0.1) is 21.8 Å². The van der Waals surface area contributed by atoms with Crippen molar-refractivity contribution in [2.24, 2.45) is 5.92 Å². The maximum atomic E-state index is 13.2. The molecule has 1 N–H and O–H groups in total. The second kappa shape index (κ2) is 8.18. The molecule has 1 saturated carbocycles. The van der Waals surface area contributed by atoms with Gasteiger partial charge in [-0.1, -0.05) is 19.3 Å². The Hall–Kier alpha value is -1.74. The summed E-state index contributed by atoms with van der Waals surface area (Å²) < 4.78 is 23.4. The molecule has 1 aliphatic carbocycles. The van der Waals surface area contributed by atoms with E-state index in [0.29, 0.717) is 24.8 Å². The van der Waals surface area contributed by atoms with Crippen molar-refractivity contribution < 1.29 is 13.2 Å². The van der Waals surface area contributed by atoms with Crippen molar-refractivity contribution in [1.82, 2.24) is 14.9 Å². The average Bonchev–Trinajstić information content (AvgIpc) is 3.25. The summed E-state index contributed by atoms with van der Waals surface area (Å²) in [5.41, 5.74) is 0.903. The highest BCUT2D eigenvalue weighted by molar-refractivity contribution is 7.91. The Morgan fingerprint density at radius 3 is 2.69 bits per heavy atom. The highest BCUT2D eigenvalue weighted by atomic mass is 32.2. The van der Waals surface area contributed by atoms with Crippen LogP contribution in [-0.4, -0.2) is 60.3 Å². The molecule has 2 aromatic heterocycles. The van der Waals surface area contributed by atoms with Crippen LogP contribution in [0, 0.1) is 12.8 Å². The van der Waals surface area contributed by atoms with Crippen molar-refractivity contribution >= 4 is 43.1 Å². The van der Waals surface area contributed by atoms with E-state index in [0.717, 1.165) is 33.5 Å². The van der Waals surface area contributed by atoms with E-state index in [1.54, 1.807) is 0 Å². The molecule has 1 saturated heterocycles. The van der Waals surface area contributed by atoms with Crippen molar-refractivity contribution in [2.45, 2.75) is 51.5 Å². The number of nitrogens with zero attached hydrogens (tertiary/aromatic N) is 3. The lowest BCUT2D eigenvalue weighted by Crippen LogP contribution is -2.38. The van der Waals surface area contributed by atoms with Crippen LogP contribution in [0.15, 0.2) is 6.33 Å². The number of fused-ring (bicyclic) bond motifs is 1. The van der Waals surface area contributed by atoms with Crippen LogP contribution < -0.4 is 5.32 Å². The lowest BCUT2D eigenvalue weighted by molar-refractivity contribution is 0.0700. The van der Waals surface area contributed by atoms with Gasteiger partial charge >= 0.3 is 0 Å². The Bertz CT molecular complexity index is 1010. The van der Waals surface area contributed by atoms with Gasteiger partial charge in [0, 0.05) is 19.6 Å². The molecule has 29 heavy (non-hydrogen) atoms. The Balaban J connectivity index is 1.55. The summed E-state index contributed by atoms with van der Waals surface area (Å²) in [5.74, 6) is 1.34. The van der Waals surface area contributed by atoms with Crippen molar-refractivity contribution in [3.05, 3.63) is 16.8 Å². The van der Waals surface area contributed by atoms with Crippen LogP contribution in [0.4, 0.5) is 5.82 Å². The molecule has 0 radical (unpaired) electrons. The number of carbonyl (C=O) groups excluding carboxylic acids is 1. The van der Waals surface area contributed by atoms with Crippen molar-refractivity contribution in [3.63, 3.8) is 0 Å². The molecule has 0 aromatic carbocycles. The van der Waals surface area contributed by atoms with Crippen molar-refractivity contribution in [3.8, 4) is 0 Å². The van der Waals surface area contributed by atoms with Crippen LogP contribution in [-0.2, 0) is 9.84 Å². The van der Waals surface area contributed by atoms with Gasteiger partial charge in [-0.2, -0.15) is 0 Å². The van der Waals surface area contributed by atoms with Gasteiger partial charge in [-0.3, -0.25) is 4.79 Å². The van der Waals surface area contributed by atoms with Gasteiger partial charge in [0.1, 0.15) is 17.0 Å². The zero-order valence-electron chi connectivity index (χ0n) is 17.0. The minimum Gasteiger partial charge on any atom is -0.369 e. The third kappa shape index (κ3) is 4.26. The first-order valence-electron chi connectivity index (χ1n) is 10.3. The molecule has 158 valence electrons. The molecule has 4 rings (SSSR count). The number of anilines is 1. The van der Waals surface area contributed by atoms with Crippen LogP contribution in [0.1, 0.15) is 53.8 Å². The second-order valence-corrected chi connectivity index (χ2v) is 11.5. The minimum absolute atomic E-state index is 0.0604. The predicted octanol–water partition coefficient (Wildman–Crippen LogP) is 3.25. The highest BCUT2D eigenvalue weighted by Gasteiger charge is 2.29. The number of nitrogens with one attached hydrogen (secondary N) is 1.